The fraction of sp³-hybridized carbons (Fsp3) is 0.917. The van der Waals surface area contributed by atoms with Gasteiger partial charge in [-0.2, -0.15) is 0 Å². The monoisotopic (exact) mass is 214 g/mol. The van der Waals surface area contributed by atoms with Crippen molar-refractivity contribution < 1.29 is 4.79 Å². The summed E-state index contributed by atoms with van der Waals surface area (Å²) in [4.78, 5) is 11.5. The number of hydrogen-bond donors (Lipinski definition) is 2. The Hall–Kier alpha value is -0.570. The van der Waals surface area contributed by atoms with E-state index in [4.69, 9.17) is 0 Å². The first-order valence-electron chi connectivity index (χ1n) is 5.78. The van der Waals surface area contributed by atoms with Gasteiger partial charge in [0.2, 0.25) is 5.91 Å². The largest absolute Gasteiger partial charge is 0.356 e. The maximum absolute atomic E-state index is 11.5. The van der Waals surface area contributed by atoms with Gasteiger partial charge in [0.05, 0.1) is 0 Å². The lowest BCUT2D eigenvalue weighted by Gasteiger charge is -2.24. The van der Waals surface area contributed by atoms with E-state index >= 15 is 0 Å². The molecule has 2 N–H and O–H groups in total. The van der Waals surface area contributed by atoms with Gasteiger partial charge in [0, 0.05) is 19.5 Å². The van der Waals surface area contributed by atoms with Crippen molar-refractivity contribution in [3.8, 4) is 0 Å². The third-order valence-electron chi connectivity index (χ3n) is 2.37. The average molecular weight is 214 g/mol. The fourth-order valence-corrected chi connectivity index (χ4v) is 1.39. The molecule has 15 heavy (non-hydrogen) atoms. The minimum absolute atomic E-state index is 0.127. The van der Waals surface area contributed by atoms with Crippen LogP contribution in [0.1, 0.15) is 40.5 Å². The highest BCUT2D eigenvalue weighted by Gasteiger charge is 2.17. The van der Waals surface area contributed by atoms with Crippen LogP contribution in [0.2, 0.25) is 0 Å². The van der Waals surface area contributed by atoms with Gasteiger partial charge in [0.25, 0.3) is 0 Å². The first kappa shape index (κ1) is 14.4. The molecule has 0 heterocycles. The lowest BCUT2D eigenvalue weighted by molar-refractivity contribution is -0.121. The van der Waals surface area contributed by atoms with Gasteiger partial charge in [-0.05, 0) is 24.8 Å². The zero-order valence-corrected chi connectivity index (χ0v) is 10.8. The number of carbonyl (C=O) groups is 1. The van der Waals surface area contributed by atoms with E-state index < -0.39 is 0 Å². The third kappa shape index (κ3) is 8.43. The summed E-state index contributed by atoms with van der Waals surface area (Å²) in [6, 6.07) is 0. The Morgan fingerprint density at radius 3 is 2.33 bits per heavy atom. The first-order chi connectivity index (χ1) is 6.87. The van der Waals surface area contributed by atoms with Crippen molar-refractivity contribution in [2.45, 2.75) is 40.5 Å². The van der Waals surface area contributed by atoms with Gasteiger partial charge >= 0.3 is 0 Å². The molecular weight excluding hydrogens is 188 g/mol. The smallest absolute Gasteiger partial charge is 0.220 e. The van der Waals surface area contributed by atoms with Crippen molar-refractivity contribution in [1.82, 2.24) is 10.6 Å². The van der Waals surface area contributed by atoms with Crippen LogP contribution in [0, 0.1) is 11.3 Å². The Balaban J connectivity index is 3.70. The Morgan fingerprint density at radius 1 is 1.27 bits per heavy atom. The van der Waals surface area contributed by atoms with Crippen LogP contribution in [-0.2, 0) is 4.79 Å². The molecular formula is C12H26N2O. The molecule has 0 aliphatic heterocycles. The molecule has 0 aromatic rings. The van der Waals surface area contributed by atoms with Gasteiger partial charge in [0.15, 0.2) is 0 Å². The molecule has 0 unspecified atom stereocenters. The molecule has 3 nitrogen and oxygen atoms in total. The molecule has 0 bridgehead atoms. The lowest BCUT2D eigenvalue weighted by Crippen LogP contribution is -2.39. The summed E-state index contributed by atoms with van der Waals surface area (Å²) in [6.45, 7) is 10.2. The van der Waals surface area contributed by atoms with Crippen molar-refractivity contribution in [2.75, 3.05) is 20.1 Å². The zero-order chi connectivity index (χ0) is 11.9. The Labute approximate surface area is 94.0 Å². The quantitative estimate of drug-likeness (QED) is 0.678. The lowest BCUT2D eigenvalue weighted by atomic mass is 9.93. The van der Waals surface area contributed by atoms with Crippen molar-refractivity contribution in [2.24, 2.45) is 11.3 Å². The first-order valence-corrected chi connectivity index (χ1v) is 5.78. The summed E-state index contributed by atoms with van der Waals surface area (Å²) >= 11 is 0. The van der Waals surface area contributed by atoms with Crippen LogP contribution in [0.5, 0.6) is 0 Å². The second-order valence-electron chi connectivity index (χ2n) is 5.40. The molecule has 1 amide bonds. The number of amides is 1. The van der Waals surface area contributed by atoms with E-state index in [1.165, 1.54) is 0 Å². The number of nitrogens with one attached hydrogen (secondary N) is 2. The fourth-order valence-electron chi connectivity index (χ4n) is 1.39. The highest BCUT2D eigenvalue weighted by Crippen LogP contribution is 2.11. The van der Waals surface area contributed by atoms with E-state index in [9.17, 15) is 4.79 Å². The molecule has 3 heteroatoms. The third-order valence-corrected chi connectivity index (χ3v) is 2.37. The van der Waals surface area contributed by atoms with Gasteiger partial charge in [0.1, 0.15) is 0 Å². The van der Waals surface area contributed by atoms with E-state index in [-0.39, 0.29) is 11.3 Å². The zero-order valence-electron chi connectivity index (χ0n) is 10.8. The van der Waals surface area contributed by atoms with Crippen molar-refractivity contribution in [3.63, 3.8) is 0 Å². The topological polar surface area (TPSA) is 41.1 Å². The highest BCUT2D eigenvalue weighted by atomic mass is 16.1. The molecule has 0 saturated carbocycles. The summed E-state index contributed by atoms with van der Waals surface area (Å²) in [5.74, 6) is 0.772. The molecule has 0 spiro atoms. The van der Waals surface area contributed by atoms with Crippen LogP contribution in [0.25, 0.3) is 0 Å². The van der Waals surface area contributed by atoms with E-state index in [1.807, 2.05) is 7.05 Å². The van der Waals surface area contributed by atoms with E-state index in [2.05, 4.69) is 38.3 Å². The predicted octanol–water partition coefficient (Wildman–Crippen LogP) is 1.78. The number of hydrogen-bond acceptors (Lipinski definition) is 2. The average Bonchev–Trinajstić information content (AvgIpc) is 2.11. The summed E-state index contributed by atoms with van der Waals surface area (Å²) < 4.78 is 0. The van der Waals surface area contributed by atoms with Gasteiger partial charge < -0.3 is 10.6 Å². The summed E-state index contributed by atoms with van der Waals surface area (Å²) in [6.07, 6.45) is 1.62. The summed E-state index contributed by atoms with van der Waals surface area (Å²) in [5.41, 5.74) is 0.127. The molecule has 0 aliphatic carbocycles. The summed E-state index contributed by atoms with van der Waals surface area (Å²) in [7, 11) is 1.93. The minimum Gasteiger partial charge on any atom is -0.356 e. The number of carbonyl (C=O) groups excluding carboxylic acids is 1. The molecule has 0 saturated heterocycles. The van der Waals surface area contributed by atoms with Crippen LogP contribution in [0.4, 0.5) is 0 Å². The van der Waals surface area contributed by atoms with E-state index in [1.54, 1.807) is 0 Å². The van der Waals surface area contributed by atoms with Gasteiger partial charge in [-0.25, -0.2) is 0 Å². The second kappa shape index (κ2) is 6.83. The molecule has 0 aromatic carbocycles. The van der Waals surface area contributed by atoms with E-state index in [0.717, 1.165) is 19.5 Å². The molecule has 0 aromatic heterocycles. The normalized spacial score (nSPS) is 11.9. The maximum Gasteiger partial charge on any atom is 0.220 e. The summed E-state index contributed by atoms with van der Waals surface area (Å²) in [5, 5.41) is 6.11. The predicted molar refractivity (Wildman–Crippen MR) is 64.8 cm³/mol. The van der Waals surface area contributed by atoms with E-state index in [0.29, 0.717) is 12.3 Å². The molecule has 90 valence electrons. The highest BCUT2D eigenvalue weighted by molar-refractivity contribution is 5.75. The van der Waals surface area contributed by atoms with Crippen LogP contribution in [0.3, 0.4) is 0 Å². The van der Waals surface area contributed by atoms with Crippen LogP contribution in [-0.4, -0.2) is 26.0 Å². The van der Waals surface area contributed by atoms with Crippen LogP contribution < -0.4 is 10.6 Å². The Bertz CT molecular complexity index is 188. The minimum atomic E-state index is 0.127. The maximum atomic E-state index is 11.5. The van der Waals surface area contributed by atoms with Gasteiger partial charge in [-0.3, -0.25) is 4.79 Å². The molecule has 0 fully saturated rings. The number of rotatable bonds is 7. The SMILES string of the molecule is CNCC(C)(C)CNC(=O)CCC(C)C. The van der Waals surface area contributed by atoms with Gasteiger partial charge in [-0.1, -0.05) is 27.7 Å². The Morgan fingerprint density at radius 2 is 1.87 bits per heavy atom. The van der Waals surface area contributed by atoms with Crippen LogP contribution >= 0.6 is 0 Å². The van der Waals surface area contributed by atoms with Crippen molar-refractivity contribution in [1.29, 1.82) is 0 Å². The molecule has 0 rings (SSSR count). The molecule has 0 aliphatic rings. The standard InChI is InChI=1S/C12H26N2O/c1-10(2)6-7-11(15)14-9-12(3,4)8-13-5/h10,13H,6-9H2,1-5H3,(H,14,15). The molecule has 0 radical (unpaired) electrons. The second-order valence-corrected chi connectivity index (χ2v) is 5.40. The van der Waals surface area contributed by atoms with Gasteiger partial charge in [-0.15, -0.1) is 0 Å². The van der Waals surface area contributed by atoms with Crippen LogP contribution in [0.15, 0.2) is 0 Å². The Kier molecular flexibility index (Phi) is 6.57. The van der Waals surface area contributed by atoms with Crippen molar-refractivity contribution >= 4 is 5.91 Å². The molecule has 0 atom stereocenters. The van der Waals surface area contributed by atoms with Crippen molar-refractivity contribution in [3.05, 3.63) is 0 Å².